The highest BCUT2D eigenvalue weighted by atomic mass is 32.2. The fourth-order valence-electron chi connectivity index (χ4n) is 3.35. The lowest BCUT2D eigenvalue weighted by Crippen LogP contribution is -2.26. The Balaban J connectivity index is 3.11. The van der Waals surface area contributed by atoms with Crippen LogP contribution in [-0.2, 0) is 24.3 Å². The van der Waals surface area contributed by atoms with Gasteiger partial charge in [0.2, 0.25) is 0 Å². The zero-order valence-electron chi connectivity index (χ0n) is 19.8. The molecular weight excluding hydrogens is 420 g/mol. The molecule has 0 radical (unpaired) electrons. The Bertz CT molecular complexity index is 457. The second-order valence-electron chi connectivity index (χ2n) is 8.30. The van der Waals surface area contributed by atoms with Gasteiger partial charge in [0.05, 0.1) is 39.1 Å². The Kier molecular flexibility index (Phi) is 22.7. The summed E-state index contributed by atoms with van der Waals surface area (Å²) in [5.74, 6) is -0.721. The molecule has 188 valence electrons. The summed E-state index contributed by atoms with van der Waals surface area (Å²) in [6, 6.07) is 0. The molecule has 0 aromatic heterocycles. The SMILES string of the molecule is CCCCCCCCCCCCCCCCOCCOCCOCC(O)CS(=O)(=O)O. The minimum atomic E-state index is -4.18. The average molecular weight is 469 g/mol. The molecule has 1 unspecified atom stereocenters. The number of rotatable bonds is 25. The largest absolute Gasteiger partial charge is 0.390 e. The molecule has 0 fully saturated rings. The van der Waals surface area contributed by atoms with Crippen LogP contribution in [-0.4, -0.2) is 69.6 Å². The third-order valence-corrected chi connectivity index (χ3v) is 5.91. The molecule has 0 aliphatic carbocycles. The van der Waals surface area contributed by atoms with Crippen LogP contribution in [0.1, 0.15) is 96.8 Å². The zero-order chi connectivity index (χ0) is 23.0. The van der Waals surface area contributed by atoms with Gasteiger partial charge < -0.3 is 19.3 Å². The summed E-state index contributed by atoms with van der Waals surface area (Å²) in [6.07, 6.45) is 17.6. The van der Waals surface area contributed by atoms with E-state index in [4.69, 9.17) is 18.8 Å². The van der Waals surface area contributed by atoms with E-state index < -0.39 is 22.0 Å². The molecular formula is C23H48O7S. The lowest BCUT2D eigenvalue weighted by molar-refractivity contribution is -0.00587. The van der Waals surface area contributed by atoms with Crippen molar-refractivity contribution in [2.75, 3.05) is 45.4 Å². The van der Waals surface area contributed by atoms with Gasteiger partial charge in [-0.2, -0.15) is 8.42 Å². The van der Waals surface area contributed by atoms with Crippen LogP contribution in [0.15, 0.2) is 0 Å². The van der Waals surface area contributed by atoms with Gasteiger partial charge in [-0.05, 0) is 6.42 Å². The first-order valence-corrected chi connectivity index (χ1v) is 13.9. The summed E-state index contributed by atoms with van der Waals surface area (Å²) >= 11 is 0. The Hall–Kier alpha value is -0.250. The van der Waals surface area contributed by atoms with Crippen molar-refractivity contribution < 1.29 is 32.3 Å². The van der Waals surface area contributed by atoms with Crippen LogP contribution in [0, 0.1) is 0 Å². The molecule has 2 N–H and O–H groups in total. The molecule has 0 aromatic carbocycles. The van der Waals surface area contributed by atoms with Gasteiger partial charge in [-0.1, -0.05) is 90.4 Å². The molecule has 0 aliphatic rings. The Morgan fingerprint density at radius 2 is 1.00 bits per heavy atom. The number of ether oxygens (including phenoxy) is 3. The van der Waals surface area contributed by atoms with Gasteiger partial charge in [0.1, 0.15) is 5.75 Å². The summed E-state index contributed by atoms with van der Waals surface area (Å²) in [5, 5.41) is 9.33. The number of unbranched alkanes of at least 4 members (excludes halogenated alkanes) is 13. The van der Waals surface area contributed by atoms with Crippen LogP contribution >= 0.6 is 0 Å². The Labute approximate surface area is 191 Å². The Morgan fingerprint density at radius 1 is 0.613 bits per heavy atom. The summed E-state index contributed by atoms with van der Waals surface area (Å²) in [6.45, 7) is 4.50. The maximum atomic E-state index is 10.6. The van der Waals surface area contributed by atoms with Crippen molar-refractivity contribution in [2.24, 2.45) is 0 Å². The van der Waals surface area contributed by atoms with Crippen LogP contribution in [0.25, 0.3) is 0 Å². The second-order valence-corrected chi connectivity index (χ2v) is 9.80. The van der Waals surface area contributed by atoms with E-state index >= 15 is 0 Å². The molecule has 7 nitrogen and oxygen atoms in total. The highest BCUT2D eigenvalue weighted by molar-refractivity contribution is 7.85. The van der Waals surface area contributed by atoms with Crippen molar-refractivity contribution in [3.8, 4) is 0 Å². The van der Waals surface area contributed by atoms with Gasteiger partial charge in [-0.3, -0.25) is 4.55 Å². The summed E-state index contributed by atoms with van der Waals surface area (Å²) in [7, 11) is -4.18. The van der Waals surface area contributed by atoms with Crippen molar-refractivity contribution >= 4 is 10.1 Å². The normalized spacial score (nSPS) is 13.0. The molecule has 0 rings (SSSR count). The quantitative estimate of drug-likeness (QED) is 0.147. The minimum Gasteiger partial charge on any atom is -0.390 e. The van der Waals surface area contributed by atoms with E-state index in [2.05, 4.69) is 6.92 Å². The third-order valence-electron chi connectivity index (χ3n) is 5.10. The topological polar surface area (TPSA) is 102 Å². The lowest BCUT2D eigenvalue weighted by Gasteiger charge is -2.10. The van der Waals surface area contributed by atoms with Crippen LogP contribution < -0.4 is 0 Å². The molecule has 0 spiro atoms. The average Bonchev–Trinajstić information content (AvgIpc) is 2.70. The molecule has 31 heavy (non-hydrogen) atoms. The van der Waals surface area contributed by atoms with E-state index in [0.717, 1.165) is 13.0 Å². The molecule has 0 heterocycles. The summed E-state index contributed by atoms with van der Waals surface area (Å²) in [5.41, 5.74) is 0. The van der Waals surface area contributed by atoms with Crippen LogP contribution in [0.2, 0.25) is 0 Å². The number of hydrogen-bond donors (Lipinski definition) is 2. The first-order chi connectivity index (χ1) is 15.0. The number of hydrogen-bond acceptors (Lipinski definition) is 6. The fourth-order valence-corrected chi connectivity index (χ4v) is 3.93. The molecule has 8 heteroatoms. The van der Waals surface area contributed by atoms with Gasteiger partial charge in [0, 0.05) is 6.61 Å². The van der Waals surface area contributed by atoms with E-state index in [1.165, 1.54) is 83.5 Å². The third kappa shape index (κ3) is 27.7. The lowest BCUT2D eigenvalue weighted by atomic mass is 10.0. The predicted molar refractivity (Wildman–Crippen MR) is 125 cm³/mol. The first-order valence-electron chi connectivity index (χ1n) is 12.3. The number of aliphatic hydroxyl groups is 1. The van der Waals surface area contributed by atoms with Crippen LogP contribution in [0.5, 0.6) is 0 Å². The van der Waals surface area contributed by atoms with E-state index in [1.54, 1.807) is 0 Å². The highest BCUT2D eigenvalue weighted by Crippen LogP contribution is 2.12. The van der Waals surface area contributed by atoms with Gasteiger partial charge in [-0.15, -0.1) is 0 Å². The zero-order valence-corrected chi connectivity index (χ0v) is 20.6. The fraction of sp³-hybridized carbons (Fsp3) is 1.00. The maximum Gasteiger partial charge on any atom is 0.267 e. The van der Waals surface area contributed by atoms with E-state index in [0.29, 0.717) is 19.8 Å². The second kappa shape index (κ2) is 22.9. The van der Waals surface area contributed by atoms with Crippen molar-refractivity contribution in [1.29, 1.82) is 0 Å². The standard InChI is InChI=1S/C23H48O7S/c1-2-3-4-5-6-7-8-9-10-11-12-13-14-15-16-28-17-18-29-19-20-30-21-23(24)22-31(25,26)27/h23-24H,2-22H2,1H3,(H,25,26,27). The summed E-state index contributed by atoms with van der Waals surface area (Å²) in [4.78, 5) is 0. The van der Waals surface area contributed by atoms with Gasteiger partial charge in [0.25, 0.3) is 10.1 Å². The van der Waals surface area contributed by atoms with E-state index in [9.17, 15) is 13.5 Å². The molecule has 0 amide bonds. The van der Waals surface area contributed by atoms with Crippen molar-refractivity contribution in [1.82, 2.24) is 0 Å². The van der Waals surface area contributed by atoms with E-state index in [1.807, 2.05) is 0 Å². The molecule has 0 bridgehead atoms. The maximum absolute atomic E-state index is 10.6. The molecule has 0 aliphatic heterocycles. The van der Waals surface area contributed by atoms with Gasteiger partial charge in [0.15, 0.2) is 0 Å². The molecule has 0 saturated heterocycles. The number of aliphatic hydroxyl groups excluding tert-OH is 1. The smallest absolute Gasteiger partial charge is 0.267 e. The predicted octanol–water partition coefficient (Wildman–Crippen LogP) is 4.77. The van der Waals surface area contributed by atoms with Gasteiger partial charge >= 0.3 is 0 Å². The first kappa shape index (κ1) is 30.8. The molecule has 0 saturated carbocycles. The monoisotopic (exact) mass is 468 g/mol. The Morgan fingerprint density at radius 3 is 1.45 bits per heavy atom. The van der Waals surface area contributed by atoms with E-state index in [-0.39, 0.29) is 13.2 Å². The van der Waals surface area contributed by atoms with Crippen LogP contribution in [0.4, 0.5) is 0 Å². The minimum absolute atomic E-state index is 0.154. The highest BCUT2D eigenvalue weighted by Gasteiger charge is 2.13. The van der Waals surface area contributed by atoms with Crippen LogP contribution in [0.3, 0.4) is 0 Å². The van der Waals surface area contributed by atoms with Crippen molar-refractivity contribution in [2.45, 2.75) is 103 Å². The van der Waals surface area contributed by atoms with Crippen molar-refractivity contribution in [3.05, 3.63) is 0 Å². The molecule has 0 aromatic rings. The van der Waals surface area contributed by atoms with Crippen molar-refractivity contribution in [3.63, 3.8) is 0 Å². The summed E-state index contributed by atoms with van der Waals surface area (Å²) < 4.78 is 45.7. The molecule has 1 atom stereocenters. The van der Waals surface area contributed by atoms with Gasteiger partial charge in [-0.25, -0.2) is 0 Å².